The van der Waals surface area contributed by atoms with Gasteiger partial charge < -0.3 is 14.8 Å². The van der Waals surface area contributed by atoms with Gasteiger partial charge in [0.25, 0.3) is 5.91 Å². The Bertz CT molecular complexity index is 1030. The molecule has 30 heavy (non-hydrogen) atoms. The first-order valence-corrected chi connectivity index (χ1v) is 10.5. The monoisotopic (exact) mass is 437 g/mol. The SMILES string of the molecule is O=C(NNC(=S)Nc1ccc2c(c1)OCO2)[C@@H](Sc1ccccc1)c1ccccc1. The van der Waals surface area contributed by atoms with E-state index < -0.39 is 5.25 Å². The van der Waals surface area contributed by atoms with Crippen LogP contribution in [0.1, 0.15) is 10.8 Å². The zero-order valence-corrected chi connectivity index (χ0v) is 17.5. The van der Waals surface area contributed by atoms with Gasteiger partial charge in [-0.1, -0.05) is 48.5 Å². The molecule has 0 radical (unpaired) electrons. The van der Waals surface area contributed by atoms with Gasteiger partial charge in [0, 0.05) is 16.6 Å². The van der Waals surface area contributed by atoms with Gasteiger partial charge >= 0.3 is 0 Å². The van der Waals surface area contributed by atoms with E-state index in [1.54, 1.807) is 12.1 Å². The van der Waals surface area contributed by atoms with Crippen LogP contribution in [0.5, 0.6) is 11.5 Å². The Kier molecular flexibility index (Phi) is 6.36. The molecule has 0 unspecified atom stereocenters. The van der Waals surface area contributed by atoms with Crippen molar-refractivity contribution in [3.8, 4) is 11.5 Å². The lowest BCUT2D eigenvalue weighted by atomic mass is 10.1. The normalized spacial score (nSPS) is 12.7. The van der Waals surface area contributed by atoms with Crippen LogP contribution >= 0.6 is 24.0 Å². The highest BCUT2D eigenvalue weighted by molar-refractivity contribution is 8.00. The maximum atomic E-state index is 12.9. The summed E-state index contributed by atoms with van der Waals surface area (Å²) in [7, 11) is 0. The molecule has 0 saturated heterocycles. The molecule has 152 valence electrons. The molecule has 3 N–H and O–H groups in total. The Morgan fingerprint density at radius 1 is 0.900 bits per heavy atom. The molecular weight excluding hydrogens is 418 g/mol. The first kappa shape index (κ1) is 20.1. The highest BCUT2D eigenvalue weighted by Gasteiger charge is 2.22. The van der Waals surface area contributed by atoms with Gasteiger partial charge in [0.2, 0.25) is 6.79 Å². The summed E-state index contributed by atoms with van der Waals surface area (Å²) in [6, 6.07) is 24.8. The number of ether oxygens (including phenoxy) is 2. The van der Waals surface area contributed by atoms with Crippen molar-refractivity contribution in [2.24, 2.45) is 0 Å². The largest absolute Gasteiger partial charge is 0.454 e. The summed E-state index contributed by atoms with van der Waals surface area (Å²) in [6.45, 7) is 0.206. The summed E-state index contributed by atoms with van der Waals surface area (Å²) in [6.07, 6.45) is 0. The lowest BCUT2D eigenvalue weighted by Crippen LogP contribution is -2.45. The molecule has 1 aliphatic heterocycles. The quantitative estimate of drug-likeness (QED) is 0.313. The van der Waals surface area contributed by atoms with Crippen molar-refractivity contribution in [2.45, 2.75) is 10.1 Å². The van der Waals surface area contributed by atoms with Crippen LogP contribution in [0.2, 0.25) is 0 Å². The first-order chi connectivity index (χ1) is 14.7. The Morgan fingerprint density at radius 2 is 1.60 bits per heavy atom. The third-order valence-electron chi connectivity index (χ3n) is 4.27. The predicted molar refractivity (Wildman–Crippen MR) is 122 cm³/mol. The maximum Gasteiger partial charge on any atom is 0.256 e. The number of amides is 1. The molecule has 1 atom stereocenters. The zero-order chi connectivity index (χ0) is 20.8. The van der Waals surface area contributed by atoms with Crippen LogP contribution in [-0.4, -0.2) is 17.8 Å². The summed E-state index contributed by atoms with van der Waals surface area (Å²) < 4.78 is 10.7. The highest BCUT2D eigenvalue weighted by Crippen LogP contribution is 2.35. The van der Waals surface area contributed by atoms with Gasteiger partial charge in [0.15, 0.2) is 16.6 Å². The first-order valence-electron chi connectivity index (χ1n) is 9.22. The molecule has 0 aromatic heterocycles. The highest BCUT2D eigenvalue weighted by atomic mass is 32.2. The Balaban J connectivity index is 1.39. The van der Waals surface area contributed by atoms with Gasteiger partial charge in [-0.25, -0.2) is 0 Å². The van der Waals surface area contributed by atoms with Crippen molar-refractivity contribution >= 4 is 40.7 Å². The van der Waals surface area contributed by atoms with Crippen molar-refractivity contribution in [1.29, 1.82) is 0 Å². The molecule has 0 saturated carbocycles. The van der Waals surface area contributed by atoms with Crippen LogP contribution in [0.3, 0.4) is 0 Å². The van der Waals surface area contributed by atoms with E-state index in [1.807, 2.05) is 66.7 Å². The van der Waals surface area contributed by atoms with Crippen molar-refractivity contribution in [3.63, 3.8) is 0 Å². The second-order valence-electron chi connectivity index (χ2n) is 6.36. The molecule has 0 aliphatic carbocycles. The second-order valence-corrected chi connectivity index (χ2v) is 7.94. The topological polar surface area (TPSA) is 71.6 Å². The number of rotatable bonds is 5. The van der Waals surface area contributed by atoms with Crippen LogP contribution in [-0.2, 0) is 4.79 Å². The molecule has 4 rings (SSSR count). The number of hydrogen-bond acceptors (Lipinski definition) is 5. The average Bonchev–Trinajstić information content (AvgIpc) is 3.25. The molecule has 1 heterocycles. The number of thioether (sulfide) groups is 1. The molecule has 0 bridgehead atoms. The van der Waals surface area contributed by atoms with E-state index in [9.17, 15) is 4.79 Å². The number of carbonyl (C=O) groups excluding carboxylic acids is 1. The summed E-state index contributed by atoms with van der Waals surface area (Å²) in [5, 5.41) is 2.85. The number of fused-ring (bicyclic) bond motifs is 1. The lowest BCUT2D eigenvalue weighted by Gasteiger charge is -2.18. The Morgan fingerprint density at radius 3 is 2.37 bits per heavy atom. The summed E-state index contributed by atoms with van der Waals surface area (Å²) >= 11 is 6.77. The molecule has 3 aromatic rings. The molecule has 0 fully saturated rings. The number of hydrogen-bond donors (Lipinski definition) is 3. The van der Waals surface area contributed by atoms with Gasteiger partial charge in [-0.15, -0.1) is 11.8 Å². The number of benzene rings is 3. The molecule has 1 aliphatic rings. The van der Waals surface area contributed by atoms with Gasteiger partial charge in [-0.05, 0) is 42.0 Å². The van der Waals surface area contributed by atoms with E-state index in [0.29, 0.717) is 11.5 Å². The van der Waals surface area contributed by atoms with Crippen molar-refractivity contribution < 1.29 is 14.3 Å². The number of nitrogens with one attached hydrogen (secondary N) is 3. The van der Waals surface area contributed by atoms with Crippen LogP contribution in [0.4, 0.5) is 5.69 Å². The fraction of sp³-hybridized carbons (Fsp3) is 0.0909. The summed E-state index contributed by atoms with van der Waals surface area (Å²) in [5.74, 6) is 1.14. The molecule has 8 heteroatoms. The van der Waals surface area contributed by atoms with Crippen molar-refractivity contribution in [3.05, 3.63) is 84.4 Å². The number of carbonyl (C=O) groups is 1. The lowest BCUT2D eigenvalue weighted by molar-refractivity contribution is -0.121. The fourth-order valence-electron chi connectivity index (χ4n) is 2.86. The average molecular weight is 438 g/mol. The minimum atomic E-state index is -0.436. The maximum absolute atomic E-state index is 12.9. The Hall–Kier alpha value is -3.23. The summed E-state index contributed by atoms with van der Waals surface area (Å²) in [5.41, 5.74) is 7.10. The van der Waals surface area contributed by atoms with E-state index in [4.69, 9.17) is 21.7 Å². The summed E-state index contributed by atoms with van der Waals surface area (Å²) in [4.78, 5) is 13.9. The Labute approximate surface area is 183 Å². The standard InChI is InChI=1S/C22H19N3O3S2/c26-21(20(15-7-3-1-4-8-15)30-17-9-5-2-6-10-17)24-25-22(29)23-16-11-12-18-19(13-16)28-14-27-18/h1-13,20H,14H2,(H,24,26)(H2,23,25,29)/t20-/m0/s1. The minimum absolute atomic E-state index is 0.204. The predicted octanol–water partition coefficient (Wildman–Crippen LogP) is 4.27. The number of hydrazine groups is 1. The van der Waals surface area contributed by atoms with E-state index in [1.165, 1.54) is 11.8 Å². The third-order valence-corrected chi connectivity index (χ3v) is 5.74. The molecular formula is C22H19N3O3S2. The zero-order valence-electron chi connectivity index (χ0n) is 15.8. The van der Waals surface area contributed by atoms with Crippen LogP contribution < -0.4 is 25.6 Å². The van der Waals surface area contributed by atoms with Gasteiger partial charge in [-0.3, -0.25) is 15.6 Å². The number of thiocarbonyl (C=S) groups is 1. The van der Waals surface area contributed by atoms with Crippen LogP contribution in [0.25, 0.3) is 0 Å². The van der Waals surface area contributed by atoms with Crippen molar-refractivity contribution in [2.75, 3.05) is 12.1 Å². The third kappa shape index (κ3) is 5.03. The molecule has 3 aromatic carbocycles. The molecule has 6 nitrogen and oxygen atoms in total. The van der Waals surface area contributed by atoms with Gasteiger partial charge in [0.05, 0.1) is 0 Å². The molecule has 1 amide bonds. The second kappa shape index (κ2) is 9.51. The van der Waals surface area contributed by atoms with E-state index in [0.717, 1.165) is 16.1 Å². The smallest absolute Gasteiger partial charge is 0.256 e. The van der Waals surface area contributed by atoms with E-state index in [2.05, 4.69) is 16.2 Å². The van der Waals surface area contributed by atoms with Gasteiger partial charge in [0.1, 0.15) is 5.25 Å². The van der Waals surface area contributed by atoms with E-state index >= 15 is 0 Å². The van der Waals surface area contributed by atoms with Gasteiger partial charge in [-0.2, -0.15) is 0 Å². The fourth-order valence-corrected chi connectivity index (χ4v) is 4.07. The molecule has 0 spiro atoms. The minimum Gasteiger partial charge on any atom is -0.454 e. The van der Waals surface area contributed by atoms with Crippen molar-refractivity contribution in [1.82, 2.24) is 10.9 Å². The van der Waals surface area contributed by atoms with E-state index in [-0.39, 0.29) is 17.8 Å². The van der Waals surface area contributed by atoms with Crippen LogP contribution in [0, 0.1) is 0 Å². The number of anilines is 1. The van der Waals surface area contributed by atoms with Crippen LogP contribution in [0.15, 0.2) is 83.8 Å².